The second kappa shape index (κ2) is 9.37. The molecule has 1 aliphatic carbocycles. The second-order valence-electron chi connectivity index (χ2n) is 8.65. The Kier molecular flexibility index (Phi) is 6.10. The van der Waals surface area contributed by atoms with Crippen LogP contribution in [0.3, 0.4) is 0 Å². The number of nitrogens with one attached hydrogen (secondary N) is 3. The molecule has 3 aromatic rings. The molecule has 1 saturated heterocycles. The molecule has 5 N–H and O–H groups in total. The van der Waals surface area contributed by atoms with Crippen LogP contribution in [0, 0.1) is 22.7 Å². The molecule has 14 heteroatoms. The number of imidazole rings is 1. The van der Waals surface area contributed by atoms with Gasteiger partial charge in [-0.1, -0.05) is 11.6 Å². The molecule has 2 atom stereocenters. The number of hydrogen-bond acceptors (Lipinski definition) is 10. The first kappa shape index (κ1) is 23.4. The van der Waals surface area contributed by atoms with E-state index >= 15 is 0 Å². The maximum atomic E-state index is 11.0. The predicted octanol–water partition coefficient (Wildman–Crippen LogP) is 2.05. The van der Waals surface area contributed by atoms with Gasteiger partial charge in [0.2, 0.25) is 5.95 Å². The smallest absolute Gasteiger partial charge is 0.404 e. The van der Waals surface area contributed by atoms with Crippen molar-refractivity contribution in [1.82, 2.24) is 24.9 Å². The zero-order valence-electron chi connectivity index (χ0n) is 18.8. The summed E-state index contributed by atoms with van der Waals surface area (Å²) in [5, 5.41) is 51.8. The fourth-order valence-corrected chi connectivity index (χ4v) is 4.40. The number of piperidine rings is 1. The maximum absolute atomic E-state index is 11.0. The Balaban J connectivity index is 1.48. The zero-order valence-corrected chi connectivity index (χ0v) is 19.6. The number of carboxylic acid groups (broad SMARTS) is 1. The number of amides is 1. The molecular formula is C22H21ClN10O3. The second-order valence-corrected chi connectivity index (χ2v) is 9.02. The van der Waals surface area contributed by atoms with E-state index in [4.69, 9.17) is 16.7 Å². The number of anilines is 4. The minimum absolute atomic E-state index is 0.122. The van der Waals surface area contributed by atoms with Crippen molar-refractivity contribution in [2.75, 3.05) is 28.6 Å². The highest BCUT2D eigenvalue weighted by atomic mass is 35.5. The first-order valence-corrected chi connectivity index (χ1v) is 11.6. The van der Waals surface area contributed by atoms with Gasteiger partial charge in [-0.3, -0.25) is 0 Å². The summed E-state index contributed by atoms with van der Waals surface area (Å²) in [6, 6.07) is 7.00. The molecule has 36 heavy (non-hydrogen) atoms. The van der Waals surface area contributed by atoms with Crippen LogP contribution in [0.25, 0.3) is 5.65 Å². The number of fused-ring (bicyclic) bond motifs is 1. The van der Waals surface area contributed by atoms with Gasteiger partial charge in [0.15, 0.2) is 17.2 Å². The molecule has 1 amide bonds. The number of aromatic nitrogens is 4. The number of rotatable bonds is 6. The van der Waals surface area contributed by atoms with Crippen LogP contribution < -0.4 is 20.9 Å². The molecule has 2 aromatic heterocycles. The van der Waals surface area contributed by atoms with Gasteiger partial charge in [-0.25, -0.2) is 9.78 Å². The van der Waals surface area contributed by atoms with Crippen molar-refractivity contribution in [3.63, 3.8) is 0 Å². The van der Waals surface area contributed by atoms with Crippen molar-refractivity contribution in [1.29, 1.82) is 10.5 Å². The Labute approximate surface area is 209 Å². The van der Waals surface area contributed by atoms with Crippen LogP contribution in [0.2, 0.25) is 5.02 Å². The van der Waals surface area contributed by atoms with Crippen molar-refractivity contribution in [2.24, 2.45) is 0 Å². The van der Waals surface area contributed by atoms with E-state index in [2.05, 4.69) is 43.2 Å². The molecule has 0 bridgehead atoms. The quantitative estimate of drug-likeness (QED) is 0.327. The molecule has 3 heterocycles. The van der Waals surface area contributed by atoms with E-state index < -0.39 is 18.2 Å². The van der Waals surface area contributed by atoms with Gasteiger partial charge < -0.3 is 31.1 Å². The Morgan fingerprint density at radius 3 is 2.69 bits per heavy atom. The molecule has 0 spiro atoms. The highest BCUT2D eigenvalue weighted by Gasteiger charge is 2.31. The number of benzene rings is 1. The Bertz CT molecular complexity index is 1420. The third-order valence-corrected chi connectivity index (χ3v) is 6.45. The van der Waals surface area contributed by atoms with E-state index in [9.17, 15) is 20.4 Å². The van der Waals surface area contributed by atoms with Crippen LogP contribution in [-0.4, -0.2) is 67.2 Å². The van der Waals surface area contributed by atoms with E-state index in [1.165, 1.54) is 10.7 Å². The topological polar surface area (TPSA) is 188 Å². The Morgan fingerprint density at radius 1 is 1.22 bits per heavy atom. The minimum atomic E-state index is -1.20. The molecule has 5 rings (SSSR count). The van der Waals surface area contributed by atoms with E-state index in [-0.39, 0.29) is 29.3 Å². The van der Waals surface area contributed by atoms with E-state index in [1.807, 2.05) is 0 Å². The van der Waals surface area contributed by atoms with Gasteiger partial charge in [0.05, 0.1) is 46.4 Å². The summed E-state index contributed by atoms with van der Waals surface area (Å²) < 4.78 is 1.39. The van der Waals surface area contributed by atoms with Crippen LogP contribution in [0.5, 0.6) is 0 Å². The summed E-state index contributed by atoms with van der Waals surface area (Å²) in [5.41, 5.74) is 1.84. The SMILES string of the molecule is N#Cc1cc(Nc2nc(NC3CC3)c3ncc(C#N)n3n2)c(Cl)c(N2CC[C@H](NC(=O)O)[C@@H](O)C2)c1. The first-order chi connectivity index (χ1) is 17.4. The van der Waals surface area contributed by atoms with Gasteiger partial charge in [-0.05, 0) is 31.4 Å². The van der Waals surface area contributed by atoms with Crippen LogP contribution in [0.1, 0.15) is 30.5 Å². The van der Waals surface area contributed by atoms with Crippen molar-refractivity contribution in [3.8, 4) is 12.1 Å². The third kappa shape index (κ3) is 4.62. The number of nitrogens with zero attached hydrogens (tertiary/aromatic N) is 7. The highest BCUT2D eigenvalue weighted by molar-refractivity contribution is 6.36. The van der Waals surface area contributed by atoms with Crippen LogP contribution >= 0.6 is 11.6 Å². The molecule has 1 saturated carbocycles. The number of aliphatic hydroxyl groups is 1. The molecule has 0 unspecified atom stereocenters. The normalized spacial score (nSPS) is 19.4. The number of hydrogen-bond donors (Lipinski definition) is 5. The molecule has 0 radical (unpaired) electrons. The van der Waals surface area contributed by atoms with Gasteiger partial charge in [0.25, 0.3) is 0 Å². The molecule has 13 nitrogen and oxygen atoms in total. The lowest BCUT2D eigenvalue weighted by Gasteiger charge is -2.37. The highest BCUT2D eigenvalue weighted by Crippen LogP contribution is 2.37. The fraction of sp³-hybridized carbons (Fsp3) is 0.364. The van der Waals surface area contributed by atoms with Crippen LogP contribution in [0.15, 0.2) is 18.3 Å². The fourth-order valence-electron chi connectivity index (χ4n) is 4.12. The van der Waals surface area contributed by atoms with Gasteiger partial charge in [-0.2, -0.15) is 20.0 Å². The molecule has 2 fully saturated rings. The van der Waals surface area contributed by atoms with Gasteiger partial charge in [0, 0.05) is 19.1 Å². The Hall–Kier alpha value is -4.33. The van der Waals surface area contributed by atoms with Crippen molar-refractivity contribution in [2.45, 2.75) is 37.5 Å². The largest absolute Gasteiger partial charge is 0.465 e. The van der Waals surface area contributed by atoms with Crippen molar-refractivity contribution in [3.05, 3.63) is 34.6 Å². The lowest BCUT2D eigenvalue weighted by atomic mass is 10.0. The average molecular weight is 509 g/mol. The number of nitriles is 2. The number of carbonyl (C=O) groups is 1. The average Bonchev–Trinajstić information content (AvgIpc) is 3.57. The van der Waals surface area contributed by atoms with Crippen molar-refractivity contribution >= 4 is 46.5 Å². The number of aliphatic hydroxyl groups excluding tert-OH is 1. The standard InChI is InChI=1S/C22H21ClN10O3/c23-18-15(5-11(7-24)6-16(18)32-4-3-14(17(34)10-32)29-22(35)36)28-21-30-19(27-12-1-2-12)20-26-9-13(8-25)33(20)31-21/h5-6,9,12,14,17,29,34H,1-4,10H2,(H,35,36)(H2,27,28,30,31)/t14-,17-/m0/s1. The lowest BCUT2D eigenvalue weighted by molar-refractivity contribution is 0.108. The van der Waals surface area contributed by atoms with Crippen LogP contribution in [-0.2, 0) is 0 Å². The molecule has 184 valence electrons. The first-order valence-electron chi connectivity index (χ1n) is 11.2. The molecule has 1 aromatic carbocycles. The lowest BCUT2D eigenvalue weighted by Crippen LogP contribution is -2.54. The number of halogens is 1. The third-order valence-electron chi connectivity index (χ3n) is 6.06. The number of β-amino-alcohol motifs (C(OH)–C–C–N with tert-alkyl or cyclic N) is 1. The minimum Gasteiger partial charge on any atom is -0.465 e. The van der Waals surface area contributed by atoms with E-state index in [0.29, 0.717) is 41.4 Å². The van der Waals surface area contributed by atoms with Crippen molar-refractivity contribution < 1.29 is 15.0 Å². The zero-order chi connectivity index (χ0) is 25.4. The summed E-state index contributed by atoms with van der Waals surface area (Å²) in [6.45, 7) is 0.534. The summed E-state index contributed by atoms with van der Waals surface area (Å²) in [6.07, 6.45) is 1.63. The summed E-state index contributed by atoms with van der Waals surface area (Å²) in [7, 11) is 0. The molecule has 2 aliphatic rings. The van der Waals surface area contributed by atoms with Gasteiger partial charge in [0.1, 0.15) is 6.07 Å². The van der Waals surface area contributed by atoms with E-state index in [1.54, 1.807) is 17.0 Å². The van der Waals surface area contributed by atoms with Gasteiger partial charge >= 0.3 is 6.09 Å². The predicted molar refractivity (Wildman–Crippen MR) is 129 cm³/mol. The molecule has 1 aliphatic heterocycles. The Morgan fingerprint density at radius 2 is 2.03 bits per heavy atom. The van der Waals surface area contributed by atoms with Gasteiger partial charge in [-0.15, -0.1) is 5.10 Å². The maximum Gasteiger partial charge on any atom is 0.404 e. The molecular weight excluding hydrogens is 488 g/mol. The van der Waals surface area contributed by atoms with E-state index in [0.717, 1.165) is 12.8 Å². The summed E-state index contributed by atoms with van der Waals surface area (Å²) in [4.78, 5) is 21.5. The summed E-state index contributed by atoms with van der Waals surface area (Å²) in [5.74, 6) is 0.618. The monoisotopic (exact) mass is 508 g/mol. The van der Waals surface area contributed by atoms with Crippen LogP contribution in [0.4, 0.5) is 27.9 Å². The summed E-state index contributed by atoms with van der Waals surface area (Å²) >= 11 is 6.73.